The largest absolute Gasteiger partial charge is 0.497 e. The van der Waals surface area contributed by atoms with E-state index in [1.807, 2.05) is 83.5 Å². The van der Waals surface area contributed by atoms with E-state index in [-0.39, 0.29) is 25.2 Å². The van der Waals surface area contributed by atoms with E-state index >= 15 is 0 Å². The SMILES string of the molecule is CCCCN(C(=O)CN1CC(c2ccc3c(c2)OCO3)C(C(=O)O)C1c1ccc(OC)cc1)c1cccc(C)c1. The van der Waals surface area contributed by atoms with Crippen molar-refractivity contribution >= 4 is 17.6 Å². The van der Waals surface area contributed by atoms with Gasteiger partial charge in [-0.3, -0.25) is 14.5 Å². The average Bonchev–Trinajstić information content (AvgIpc) is 3.58. The van der Waals surface area contributed by atoms with Crippen molar-refractivity contribution in [3.63, 3.8) is 0 Å². The molecule has 0 spiro atoms. The monoisotopic (exact) mass is 544 g/mol. The second-order valence-electron chi connectivity index (χ2n) is 10.5. The summed E-state index contributed by atoms with van der Waals surface area (Å²) in [4.78, 5) is 30.7. The first-order valence-corrected chi connectivity index (χ1v) is 13.8. The fourth-order valence-electron chi connectivity index (χ4n) is 5.84. The predicted octanol–water partition coefficient (Wildman–Crippen LogP) is 5.41. The summed E-state index contributed by atoms with van der Waals surface area (Å²) in [6.45, 7) is 5.38. The molecule has 2 aliphatic heterocycles. The molecule has 2 aliphatic rings. The minimum Gasteiger partial charge on any atom is -0.497 e. The Balaban J connectivity index is 1.51. The highest BCUT2D eigenvalue weighted by atomic mass is 16.7. The normalized spacial score (nSPS) is 19.9. The number of carboxylic acid groups (broad SMARTS) is 1. The Morgan fingerprint density at radius 1 is 1.02 bits per heavy atom. The molecule has 3 atom stereocenters. The molecule has 3 aromatic rings. The minimum atomic E-state index is -0.903. The topological polar surface area (TPSA) is 88.5 Å². The smallest absolute Gasteiger partial charge is 0.309 e. The number of aryl methyl sites for hydroxylation is 1. The first-order chi connectivity index (χ1) is 19.4. The molecular formula is C32H36N2O6. The van der Waals surface area contributed by atoms with Gasteiger partial charge in [0.15, 0.2) is 11.5 Å². The van der Waals surface area contributed by atoms with Crippen molar-refractivity contribution in [1.29, 1.82) is 0 Å². The summed E-state index contributed by atoms with van der Waals surface area (Å²) in [5, 5.41) is 10.6. The molecule has 5 rings (SSSR count). The van der Waals surface area contributed by atoms with Gasteiger partial charge in [-0.1, -0.05) is 43.7 Å². The maximum atomic E-state index is 13.9. The lowest BCUT2D eigenvalue weighted by Gasteiger charge is -2.30. The molecule has 2 heterocycles. The molecule has 210 valence electrons. The molecule has 1 fully saturated rings. The lowest BCUT2D eigenvalue weighted by Crippen LogP contribution is -2.41. The van der Waals surface area contributed by atoms with Crippen LogP contribution in [0.25, 0.3) is 0 Å². The molecule has 0 aliphatic carbocycles. The van der Waals surface area contributed by atoms with E-state index in [1.54, 1.807) is 7.11 Å². The van der Waals surface area contributed by atoms with Gasteiger partial charge in [0.2, 0.25) is 12.7 Å². The third-order valence-electron chi connectivity index (χ3n) is 7.85. The Morgan fingerprint density at radius 2 is 1.77 bits per heavy atom. The zero-order chi connectivity index (χ0) is 28.2. The number of nitrogens with zero attached hydrogens (tertiary/aromatic N) is 2. The molecule has 8 nitrogen and oxygen atoms in total. The van der Waals surface area contributed by atoms with Crippen LogP contribution in [0.5, 0.6) is 17.2 Å². The maximum absolute atomic E-state index is 13.9. The second-order valence-corrected chi connectivity index (χ2v) is 10.5. The summed E-state index contributed by atoms with van der Waals surface area (Å²) >= 11 is 0. The fraction of sp³-hybridized carbons (Fsp3) is 0.375. The predicted molar refractivity (Wildman–Crippen MR) is 152 cm³/mol. The average molecular weight is 545 g/mol. The van der Waals surface area contributed by atoms with E-state index in [2.05, 4.69) is 6.92 Å². The van der Waals surface area contributed by atoms with Crippen LogP contribution >= 0.6 is 0 Å². The number of methoxy groups -OCH3 is 1. The third-order valence-corrected chi connectivity index (χ3v) is 7.85. The summed E-state index contributed by atoms with van der Waals surface area (Å²) in [6, 6.07) is 20.5. The van der Waals surface area contributed by atoms with Gasteiger partial charge in [-0.25, -0.2) is 0 Å². The second kappa shape index (κ2) is 12.0. The Labute approximate surface area is 235 Å². The molecular weight excluding hydrogens is 508 g/mol. The fourth-order valence-corrected chi connectivity index (χ4v) is 5.84. The van der Waals surface area contributed by atoms with Crippen LogP contribution in [0.1, 0.15) is 48.4 Å². The van der Waals surface area contributed by atoms with Crippen LogP contribution in [0.15, 0.2) is 66.7 Å². The number of ether oxygens (including phenoxy) is 3. The maximum Gasteiger partial charge on any atom is 0.309 e. The number of carboxylic acids is 1. The highest BCUT2D eigenvalue weighted by Gasteiger charge is 2.48. The van der Waals surface area contributed by atoms with Crippen molar-refractivity contribution in [1.82, 2.24) is 4.90 Å². The number of hydrogen-bond acceptors (Lipinski definition) is 6. The molecule has 1 saturated heterocycles. The summed E-state index contributed by atoms with van der Waals surface area (Å²) in [5.74, 6) is -0.124. The van der Waals surface area contributed by atoms with Crippen LogP contribution in [0, 0.1) is 12.8 Å². The molecule has 0 saturated carbocycles. The molecule has 0 bridgehead atoms. The van der Waals surface area contributed by atoms with Crippen molar-refractivity contribution in [2.45, 2.75) is 38.6 Å². The van der Waals surface area contributed by atoms with Gasteiger partial charge >= 0.3 is 5.97 Å². The summed E-state index contributed by atoms with van der Waals surface area (Å²) in [6.07, 6.45) is 1.83. The lowest BCUT2D eigenvalue weighted by molar-refractivity contribution is -0.143. The highest BCUT2D eigenvalue weighted by Crippen LogP contribution is 2.48. The van der Waals surface area contributed by atoms with Gasteiger partial charge in [0.1, 0.15) is 5.75 Å². The zero-order valence-electron chi connectivity index (χ0n) is 23.2. The van der Waals surface area contributed by atoms with E-state index < -0.39 is 17.9 Å². The van der Waals surface area contributed by atoms with Crippen molar-refractivity contribution in [2.24, 2.45) is 5.92 Å². The van der Waals surface area contributed by atoms with Gasteiger partial charge in [-0.05, 0) is 66.4 Å². The highest BCUT2D eigenvalue weighted by molar-refractivity contribution is 5.95. The Bertz CT molecular complexity index is 1360. The van der Waals surface area contributed by atoms with Gasteiger partial charge < -0.3 is 24.2 Å². The summed E-state index contributed by atoms with van der Waals surface area (Å²) in [5.41, 5.74) is 3.63. The first kappa shape index (κ1) is 27.5. The third kappa shape index (κ3) is 5.63. The van der Waals surface area contributed by atoms with E-state index in [1.165, 1.54) is 0 Å². The van der Waals surface area contributed by atoms with Crippen LogP contribution in [-0.4, -0.2) is 55.4 Å². The van der Waals surface area contributed by atoms with Crippen LogP contribution in [0.3, 0.4) is 0 Å². The number of aliphatic carboxylic acids is 1. The number of unbranched alkanes of at least 4 members (excludes halogenated alkanes) is 1. The Hall–Kier alpha value is -4.04. The van der Waals surface area contributed by atoms with E-state index in [9.17, 15) is 14.7 Å². The number of rotatable bonds is 10. The molecule has 3 unspecified atom stereocenters. The van der Waals surface area contributed by atoms with Crippen molar-refractivity contribution < 1.29 is 28.9 Å². The molecule has 40 heavy (non-hydrogen) atoms. The number of hydrogen-bond donors (Lipinski definition) is 1. The first-order valence-electron chi connectivity index (χ1n) is 13.8. The van der Waals surface area contributed by atoms with Gasteiger partial charge in [-0.15, -0.1) is 0 Å². The zero-order valence-corrected chi connectivity index (χ0v) is 23.2. The number of fused-ring (bicyclic) bond motifs is 1. The molecule has 0 aromatic heterocycles. The Morgan fingerprint density at radius 3 is 2.48 bits per heavy atom. The van der Waals surface area contributed by atoms with Crippen molar-refractivity contribution in [3.05, 3.63) is 83.4 Å². The number of carbonyl (C=O) groups is 2. The van der Waals surface area contributed by atoms with Crippen LogP contribution in [0.2, 0.25) is 0 Å². The standard InChI is InChI=1S/C32H36N2O6/c1-4-5-15-34(24-8-6-7-21(2)16-24)29(35)19-33-18-26(23-11-14-27-28(17-23)40-20-39-27)30(32(36)37)31(33)22-9-12-25(38-3)13-10-22/h6-14,16-17,26,30-31H,4-5,15,18-20H2,1-3H3,(H,36,37). The minimum absolute atomic E-state index is 0.0481. The van der Waals surface area contributed by atoms with Gasteiger partial charge in [-0.2, -0.15) is 0 Å². The van der Waals surface area contributed by atoms with E-state index in [0.717, 1.165) is 35.2 Å². The van der Waals surface area contributed by atoms with E-state index in [0.29, 0.717) is 30.3 Å². The molecule has 8 heteroatoms. The quantitative estimate of drug-likeness (QED) is 0.365. The van der Waals surface area contributed by atoms with Crippen LogP contribution < -0.4 is 19.1 Å². The lowest BCUT2D eigenvalue weighted by atomic mass is 9.82. The molecule has 1 N–H and O–H groups in total. The van der Waals surface area contributed by atoms with Gasteiger partial charge in [0.25, 0.3) is 0 Å². The van der Waals surface area contributed by atoms with E-state index in [4.69, 9.17) is 14.2 Å². The summed E-state index contributed by atoms with van der Waals surface area (Å²) < 4.78 is 16.4. The summed E-state index contributed by atoms with van der Waals surface area (Å²) in [7, 11) is 1.60. The number of likely N-dealkylation sites (tertiary alicyclic amines) is 1. The van der Waals surface area contributed by atoms with Gasteiger partial charge in [0, 0.05) is 30.7 Å². The number of anilines is 1. The molecule has 3 aromatic carbocycles. The number of amides is 1. The van der Waals surface area contributed by atoms with Gasteiger partial charge in [0.05, 0.1) is 19.6 Å². The van der Waals surface area contributed by atoms with Crippen LogP contribution in [-0.2, 0) is 9.59 Å². The molecule has 0 radical (unpaired) electrons. The molecule has 1 amide bonds. The number of carbonyl (C=O) groups excluding carboxylic acids is 1. The van der Waals surface area contributed by atoms with Crippen molar-refractivity contribution in [3.8, 4) is 17.2 Å². The number of benzene rings is 3. The van der Waals surface area contributed by atoms with Crippen molar-refractivity contribution in [2.75, 3.05) is 38.4 Å². The Kier molecular flexibility index (Phi) is 8.26. The van der Waals surface area contributed by atoms with Crippen LogP contribution in [0.4, 0.5) is 5.69 Å².